The van der Waals surface area contributed by atoms with E-state index < -0.39 is 0 Å². The molecule has 0 atom stereocenters. The second-order valence-electron chi connectivity index (χ2n) is 14.0. The average Bonchev–Trinajstić information content (AvgIpc) is 3.92. The second kappa shape index (κ2) is 11.5. The van der Waals surface area contributed by atoms with Gasteiger partial charge in [0.05, 0.1) is 10.4 Å². The van der Waals surface area contributed by atoms with Crippen LogP contribution in [-0.2, 0) is 0 Å². The third-order valence-electron chi connectivity index (χ3n) is 11.0. The molecule has 12 aromatic rings. The maximum atomic E-state index is 6.35. The summed E-state index contributed by atoms with van der Waals surface area (Å²) < 4.78 is 11.5. The van der Waals surface area contributed by atoms with Crippen LogP contribution in [0.25, 0.3) is 95.0 Å². The Hall–Kier alpha value is -6.46. The molecule has 0 saturated carbocycles. The van der Waals surface area contributed by atoms with E-state index in [-0.39, 0.29) is 0 Å². The Morgan fingerprint density at radius 3 is 2.02 bits per heavy atom. The van der Waals surface area contributed by atoms with E-state index in [0.717, 1.165) is 27.9 Å². The van der Waals surface area contributed by atoms with Gasteiger partial charge in [0.2, 0.25) is 0 Å². The van der Waals surface area contributed by atoms with Gasteiger partial charge in [0.25, 0.3) is 0 Å². The van der Waals surface area contributed by atoms with E-state index >= 15 is 0 Å². The molecule has 0 saturated heterocycles. The summed E-state index contributed by atoms with van der Waals surface area (Å²) >= 11 is 3.72. The van der Waals surface area contributed by atoms with Crippen molar-refractivity contribution in [1.29, 1.82) is 0 Å². The van der Waals surface area contributed by atoms with Gasteiger partial charge in [0.1, 0.15) is 11.2 Å². The molecule has 54 heavy (non-hydrogen) atoms. The van der Waals surface area contributed by atoms with Crippen LogP contribution in [0.4, 0.5) is 17.1 Å². The van der Waals surface area contributed by atoms with Crippen molar-refractivity contribution in [1.82, 2.24) is 0 Å². The predicted octanol–water partition coefficient (Wildman–Crippen LogP) is 15.8. The highest BCUT2D eigenvalue weighted by Crippen LogP contribution is 2.48. The number of benzene rings is 9. The monoisotopic (exact) mass is 723 g/mol. The quantitative estimate of drug-likeness (QED) is 0.168. The Kier molecular flexibility index (Phi) is 6.41. The fraction of sp³-hybridized carbons (Fsp3) is 0. The molecule has 9 aromatic carbocycles. The fourth-order valence-corrected chi connectivity index (χ4v) is 11.0. The Labute approximate surface area is 318 Å². The van der Waals surface area contributed by atoms with E-state index in [1.165, 1.54) is 84.1 Å². The lowest BCUT2D eigenvalue weighted by molar-refractivity contribution is 0.669. The van der Waals surface area contributed by atoms with Crippen LogP contribution in [0.1, 0.15) is 0 Å². The summed E-state index contributed by atoms with van der Waals surface area (Å²) in [4.78, 5) is 2.44. The van der Waals surface area contributed by atoms with Gasteiger partial charge < -0.3 is 9.32 Å². The minimum Gasteiger partial charge on any atom is -0.456 e. The number of fused-ring (bicyclic) bond motifs is 13. The van der Waals surface area contributed by atoms with Crippen LogP contribution >= 0.6 is 22.7 Å². The normalized spacial score (nSPS) is 12.1. The minimum absolute atomic E-state index is 0.928. The van der Waals surface area contributed by atoms with Crippen LogP contribution < -0.4 is 4.90 Å². The van der Waals surface area contributed by atoms with Gasteiger partial charge in [-0.3, -0.25) is 0 Å². The topological polar surface area (TPSA) is 16.4 Å². The van der Waals surface area contributed by atoms with Crippen LogP contribution in [0.3, 0.4) is 0 Å². The zero-order valence-electron chi connectivity index (χ0n) is 28.9. The lowest BCUT2D eigenvalue weighted by Crippen LogP contribution is -2.10. The molecule has 0 fully saturated rings. The number of furan rings is 1. The first-order valence-electron chi connectivity index (χ1n) is 18.2. The maximum absolute atomic E-state index is 6.35. The molecule has 3 aromatic heterocycles. The number of para-hydroxylation sites is 1. The summed E-state index contributed by atoms with van der Waals surface area (Å²) in [6.45, 7) is 0. The number of nitrogens with zero attached hydrogens (tertiary/aromatic N) is 1. The van der Waals surface area contributed by atoms with E-state index in [2.05, 4.69) is 175 Å². The first-order chi connectivity index (χ1) is 26.8. The number of thiophene rings is 2. The Balaban J connectivity index is 1.07. The molecule has 0 N–H and O–H groups in total. The molecular formula is C50H29NOS2. The average molecular weight is 724 g/mol. The van der Waals surface area contributed by atoms with Crippen molar-refractivity contribution < 1.29 is 4.42 Å². The van der Waals surface area contributed by atoms with Gasteiger partial charge in [-0.2, -0.15) is 0 Å². The van der Waals surface area contributed by atoms with E-state index in [4.69, 9.17) is 4.42 Å². The van der Waals surface area contributed by atoms with Crippen molar-refractivity contribution in [3.05, 3.63) is 176 Å². The van der Waals surface area contributed by atoms with E-state index in [0.29, 0.717) is 0 Å². The van der Waals surface area contributed by atoms with Crippen molar-refractivity contribution >= 4 is 124 Å². The molecule has 0 spiro atoms. The fourth-order valence-electron chi connectivity index (χ4n) is 8.63. The number of anilines is 3. The first kappa shape index (κ1) is 30.0. The number of rotatable bonds is 4. The summed E-state index contributed by atoms with van der Waals surface area (Å²) in [5, 5.41) is 12.5. The summed E-state index contributed by atoms with van der Waals surface area (Å²) in [7, 11) is 0. The van der Waals surface area contributed by atoms with Crippen molar-refractivity contribution in [2.75, 3.05) is 4.90 Å². The Morgan fingerprint density at radius 2 is 1.09 bits per heavy atom. The van der Waals surface area contributed by atoms with E-state index in [1.807, 2.05) is 28.7 Å². The van der Waals surface area contributed by atoms with Gasteiger partial charge in [-0.25, -0.2) is 0 Å². The van der Waals surface area contributed by atoms with Gasteiger partial charge in [-0.1, -0.05) is 115 Å². The van der Waals surface area contributed by atoms with Gasteiger partial charge >= 0.3 is 0 Å². The van der Waals surface area contributed by atoms with Crippen molar-refractivity contribution in [3.63, 3.8) is 0 Å². The molecule has 0 aliphatic rings. The van der Waals surface area contributed by atoms with Gasteiger partial charge in [0.15, 0.2) is 0 Å². The zero-order valence-corrected chi connectivity index (χ0v) is 30.5. The maximum Gasteiger partial charge on any atom is 0.136 e. The van der Waals surface area contributed by atoms with Crippen LogP contribution in [0.5, 0.6) is 0 Å². The van der Waals surface area contributed by atoms with Crippen LogP contribution in [0.2, 0.25) is 0 Å². The summed E-state index contributed by atoms with van der Waals surface area (Å²) in [6, 6.07) is 64.2. The highest BCUT2D eigenvalue weighted by Gasteiger charge is 2.21. The standard InChI is InChI=1S/C50H29NOS2/c1-2-10-35-30(9-1)19-20-32-29-34(25-26-36(32)35)51(41-15-7-14-39-38-11-4-6-17-44(38)54-50(39)41)33-23-21-31(22-24-33)37-13-8-18-45-48(37)49-46(53-45)28-27-43-47(49)40-12-3-5-16-42(40)52-43/h1-29H. The Morgan fingerprint density at radius 1 is 0.389 bits per heavy atom. The van der Waals surface area contributed by atoms with Crippen LogP contribution in [-0.4, -0.2) is 0 Å². The zero-order chi connectivity index (χ0) is 35.3. The lowest BCUT2D eigenvalue weighted by Gasteiger charge is -2.27. The summed E-state index contributed by atoms with van der Waals surface area (Å²) in [5.74, 6) is 0. The summed E-state index contributed by atoms with van der Waals surface area (Å²) in [5.41, 5.74) is 7.73. The number of hydrogen-bond acceptors (Lipinski definition) is 4. The predicted molar refractivity (Wildman–Crippen MR) is 235 cm³/mol. The third kappa shape index (κ3) is 4.38. The molecule has 3 heterocycles. The molecule has 0 aliphatic heterocycles. The highest BCUT2D eigenvalue weighted by molar-refractivity contribution is 7.26. The first-order valence-corrected chi connectivity index (χ1v) is 19.9. The molecule has 0 amide bonds. The molecule has 4 heteroatoms. The molecule has 0 radical (unpaired) electrons. The van der Waals surface area contributed by atoms with Crippen molar-refractivity contribution in [3.8, 4) is 11.1 Å². The SMILES string of the molecule is c1ccc2c(c1)ccc1cc(N(c3ccc(-c4cccc5sc6ccc7oc8ccccc8c7c6c45)cc3)c3cccc4c3sc3ccccc34)ccc12. The van der Waals surface area contributed by atoms with Gasteiger partial charge in [-0.15, -0.1) is 22.7 Å². The van der Waals surface area contributed by atoms with E-state index in [9.17, 15) is 0 Å². The van der Waals surface area contributed by atoms with Gasteiger partial charge in [0, 0.05) is 57.8 Å². The smallest absolute Gasteiger partial charge is 0.136 e. The van der Waals surface area contributed by atoms with Crippen molar-refractivity contribution in [2.45, 2.75) is 0 Å². The van der Waals surface area contributed by atoms with Gasteiger partial charge in [-0.05, 0) is 93.3 Å². The third-order valence-corrected chi connectivity index (χ3v) is 13.4. The highest BCUT2D eigenvalue weighted by atomic mass is 32.1. The molecule has 252 valence electrons. The lowest BCUT2D eigenvalue weighted by atomic mass is 9.97. The second-order valence-corrected chi connectivity index (χ2v) is 16.2. The molecule has 12 rings (SSSR count). The van der Waals surface area contributed by atoms with E-state index in [1.54, 1.807) is 0 Å². The largest absolute Gasteiger partial charge is 0.456 e. The molecule has 0 bridgehead atoms. The number of hydrogen-bond donors (Lipinski definition) is 0. The van der Waals surface area contributed by atoms with Crippen LogP contribution in [0.15, 0.2) is 180 Å². The Bertz CT molecular complexity index is 3460. The summed E-state index contributed by atoms with van der Waals surface area (Å²) in [6.07, 6.45) is 0. The molecule has 0 aliphatic carbocycles. The molecule has 0 unspecified atom stereocenters. The van der Waals surface area contributed by atoms with Crippen molar-refractivity contribution in [2.24, 2.45) is 0 Å². The molecule has 2 nitrogen and oxygen atoms in total. The van der Waals surface area contributed by atoms with Crippen LogP contribution in [0, 0.1) is 0 Å². The molecular weight excluding hydrogens is 695 g/mol. The minimum atomic E-state index is 0.928.